The number of fused-ring (bicyclic) bond motifs is 3. The number of para-hydroxylation sites is 1. The molecule has 114 valence electrons. The summed E-state index contributed by atoms with van der Waals surface area (Å²) >= 11 is 0. The largest absolute Gasteiger partial charge is 0.454 e. The van der Waals surface area contributed by atoms with Gasteiger partial charge < -0.3 is 4.42 Å². The van der Waals surface area contributed by atoms with Crippen molar-refractivity contribution in [3.05, 3.63) is 59.5 Å². The van der Waals surface area contributed by atoms with Gasteiger partial charge in [-0.25, -0.2) is 4.57 Å². The third-order valence-corrected chi connectivity index (χ3v) is 4.26. The van der Waals surface area contributed by atoms with Crippen molar-refractivity contribution in [2.75, 3.05) is 0 Å². The molecule has 0 aliphatic heterocycles. The Bertz CT molecular complexity index is 1160. The predicted octanol–water partition coefficient (Wildman–Crippen LogP) is 4.40. The summed E-state index contributed by atoms with van der Waals surface area (Å²) in [6, 6.07) is 11.4. The number of hydrogen-bond acceptors (Lipinski definition) is 2. The second-order valence-corrected chi connectivity index (χ2v) is 5.87. The molecule has 0 bridgehead atoms. The highest BCUT2D eigenvalue weighted by atomic mass is 16.3. The monoisotopic (exact) mass is 306 g/mol. The highest BCUT2D eigenvalue weighted by molar-refractivity contribution is 6.12. The minimum atomic E-state index is -2.13. The number of nitrogens with zero attached hydrogens (tertiary/aromatic N) is 2. The molecule has 3 aromatic heterocycles. The summed E-state index contributed by atoms with van der Waals surface area (Å²) in [7, 11) is 1.86. The van der Waals surface area contributed by atoms with Gasteiger partial charge in [-0.1, -0.05) is 18.2 Å². The van der Waals surface area contributed by atoms with Crippen molar-refractivity contribution in [1.82, 2.24) is 4.98 Å². The van der Waals surface area contributed by atoms with Gasteiger partial charge in [0.1, 0.15) is 12.6 Å². The number of rotatable bonds is 1. The second-order valence-electron chi connectivity index (χ2n) is 5.87. The van der Waals surface area contributed by atoms with Gasteiger partial charge in [0, 0.05) is 26.5 Å². The fourth-order valence-corrected chi connectivity index (χ4v) is 3.27. The molecule has 0 aliphatic rings. The molecule has 0 N–H and O–H groups in total. The molecule has 0 fully saturated rings. The first kappa shape index (κ1) is 10.9. The highest BCUT2D eigenvalue weighted by Crippen LogP contribution is 2.38. The molecule has 4 rings (SSSR count). The molecule has 0 amide bonds. The number of hydrogen-bond donors (Lipinski definition) is 0. The van der Waals surface area contributed by atoms with Crippen LogP contribution in [0, 0.1) is 20.7 Å². The molecule has 3 heteroatoms. The van der Waals surface area contributed by atoms with Crippen LogP contribution in [0.5, 0.6) is 0 Å². The number of pyridine rings is 2. The molecule has 4 aromatic rings. The van der Waals surface area contributed by atoms with Gasteiger partial charge in [-0.05, 0) is 32.8 Å². The summed E-state index contributed by atoms with van der Waals surface area (Å²) in [5, 5.41) is 2.05. The van der Waals surface area contributed by atoms with Gasteiger partial charge >= 0.3 is 0 Å². The lowest BCUT2D eigenvalue weighted by atomic mass is 10.0. The Morgan fingerprint density at radius 1 is 1.09 bits per heavy atom. The smallest absolute Gasteiger partial charge is 0.214 e. The fraction of sp³-hybridized carbons (Fsp3) is 0.200. The molecule has 3 nitrogen and oxygen atoms in total. The summed E-state index contributed by atoms with van der Waals surface area (Å²) in [6.07, 6.45) is 1.66. The minimum absolute atomic E-state index is 0.315. The first-order chi connectivity index (χ1) is 12.3. The van der Waals surface area contributed by atoms with E-state index >= 15 is 0 Å². The predicted molar refractivity (Wildman–Crippen MR) is 92.3 cm³/mol. The molecule has 0 radical (unpaired) electrons. The Hall–Kier alpha value is -2.68. The molecule has 0 saturated carbocycles. The molecule has 0 saturated heterocycles. The van der Waals surface area contributed by atoms with Crippen LogP contribution in [-0.4, -0.2) is 4.98 Å². The zero-order chi connectivity index (χ0) is 18.6. The van der Waals surface area contributed by atoms with E-state index < -0.39 is 6.85 Å². The van der Waals surface area contributed by atoms with E-state index in [4.69, 9.17) is 8.53 Å². The lowest BCUT2D eigenvalue weighted by Gasteiger charge is -2.08. The molecule has 23 heavy (non-hydrogen) atoms. The maximum absolute atomic E-state index is 7.62. The van der Waals surface area contributed by atoms with Crippen LogP contribution in [0.1, 0.15) is 21.1 Å². The van der Waals surface area contributed by atoms with E-state index in [9.17, 15) is 0 Å². The molecular formula is C20H19N2O+. The topological polar surface area (TPSA) is 29.9 Å². The first-order valence-corrected chi connectivity index (χ1v) is 7.56. The van der Waals surface area contributed by atoms with E-state index in [1.165, 1.54) is 0 Å². The third-order valence-electron chi connectivity index (χ3n) is 4.26. The van der Waals surface area contributed by atoms with Crippen LogP contribution in [0.15, 0.2) is 47.0 Å². The maximum atomic E-state index is 7.62. The average molecular weight is 306 g/mol. The van der Waals surface area contributed by atoms with E-state index in [2.05, 4.69) is 4.98 Å². The van der Waals surface area contributed by atoms with Crippen LogP contribution in [-0.2, 0) is 7.05 Å². The quantitative estimate of drug-likeness (QED) is 0.488. The van der Waals surface area contributed by atoms with E-state index in [0.29, 0.717) is 5.56 Å². The summed E-state index contributed by atoms with van der Waals surface area (Å²) in [5.74, 6) is 0. The number of aromatic nitrogens is 2. The van der Waals surface area contributed by atoms with Crippen LogP contribution in [0.3, 0.4) is 0 Å². The van der Waals surface area contributed by atoms with Crippen molar-refractivity contribution in [1.29, 1.82) is 0 Å². The first-order valence-electron chi connectivity index (χ1n) is 9.06. The number of furan rings is 1. The van der Waals surface area contributed by atoms with Gasteiger partial charge in [0.2, 0.25) is 5.69 Å². The van der Waals surface area contributed by atoms with E-state index in [0.717, 1.165) is 44.6 Å². The van der Waals surface area contributed by atoms with E-state index in [1.54, 1.807) is 12.3 Å². The molecular weight excluding hydrogens is 284 g/mol. The lowest BCUT2D eigenvalue weighted by molar-refractivity contribution is -0.660. The fourth-order valence-electron chi connectivity index (χ4n) is 3.27. The van der Waals surface area contributed by atoms with Crippen LogP contribution in [0.25, 0.3) is 33.2 Å². The zero-order valence-corrected chi connectivity index (χ0v) is 13.3. The SMILES string of the molecule is [2H]C([2H])([2H])c1ccc(-c2c(C)nc(C)c3oc4ccccc4c23)[n+](C)c1. The van der Waals surface area contributed by atoms with Gasteiger partial charge in [-0.2, -0.15) is 0 Å². The van der Waals surface area contributed by atoms with Crippen molar-refractivity contribution < 1.29 is 13.1 Å². The van der Waals surface area contributed by atoms with Crippen molar-refractivity contribution in [3.63, 3.8) is 0 Å². The standard InChI is InChI=1S/C20H19N2O/c1-12-9-10-16(22(4)11-12)18-13(2)21-14(3)20-19(18)15-7-5-6-8-17(15)23-20/h5-11H,1-4H3/q+1/i1D3. The Kier molecular flexibility index (Phi) is 2.34. The molecule has 0 atom stereocenters. The Labute approximate surface area is 139 Å². The van der Waals surface area contributed by atoms with Crippen LogP contribution < -0.4 is 4.57 Å². The average Bonchev–Trinajstić information content (AvgIpc) is 2.95. The summed E-state index contributed by atoms with van der Waals surface area (Å²) < 4.78 is 30.8. The third kappa shape index (κ3) is 2.04. The second kappa shape index (κ2) is 4.92. The molecule has 0 unspecified atom stereocenters. The summed E-state index contributed by atoms with van der Waals surface area (Å²) in [5.41, 5.74) is 5.51. The van der Waals surface area contributed by atoms with Gasteiger partial charge in [-0.15, -0.1) is 0 Å². The molecule has 3 heterocycles. The molecule has 0 spiro atoms. The summed E-state index contributed by atoms with van der Waals surface area (Å²) in [6.45, 7) is 1.79. The van der Waals surface area contributed by atoms with Gasteiger partial charge in [0.15, 0.2) is 11.8 Å². The summed E-state index contributed by atoms with van der Waals surface area (Å²) in [4.78, 5) is 4.67. The van der Waals surface area contributed by atoms with E-state index in [-0.39, 0.29) is 0 Å². The van der Waals surface area contributed by atoms with Crippen molar-refractivity contribution >= 4 is 21.9 Å². The van der Waals surface area contributed by atoms with E-state index in [1.807, 2.05) is 55.8 Å². The Morgan fingerprint density at radius 3 is 2.70 bits per heavy atom. The normalized spacial score (nSPS) is 14.0. The van der Waals surface area contributed by atoms with Crippen molar-refractivity contribution in [2.45, 2.75) is 20.7 Å². The molecule has 0 aliphatic carbocycles. The van der Waals surface area contributed by atoms with Crippen LogP contribution in [0.4, 0.5) is 0 Å². The number of aryl methyl sites for hydroxylation is 4. The Morgan fingerprint density at radius 2 is 1.91 bits per heavy atom. The minimum Gasteiger partial charge on any atom is -0.454 e. The van der Waals surface area contributed by atoms with Crippen molar-refractivity contribution in [2.24, 2.45) is 7.05 Å². The number of benzene rings is 1. The van der Waals surface area contributed by atoms with Crippen LogP contribution in [0.2, 0.25) is 0 Å². The Balaban J connectivity index is 2.09. The zero-order valence-electron chi connectivity index (χ0n) is 16.3. The molecule has 1 aromatic carbocycles. The maximum Gasteiger partial charge on any atom is 0.214 e. The van der Waals surface area contributed by atoms with Crippen molar-refractivity contribution in [3.8, 4) is 11.3 Å². The van der Waals surface area contributed by atoms with Gasteiger partial charge in [0.05, 0.1) is 17.0 Å². The lowest BCUT2D eigenvalue weighted by Crippen LogP contribution is -2.31. The highest BCUT2D eigenvalue weighted by Gasteiger charge is 2.22. The van der Waals surface area contributed by atoms with Gasteiger partial charge in [0.25, 0.3) is 0 Å². The van der Waals surface area contributed by atoms with Gasteiger partial charge in [-0.3, -0.25) is 4.98 Å². The van der Waals surface area contributed by atoms with Crippen LogP contribution >= 0.6 is 0 Å².